The zero-order valence-corrected chi connectivity index (χ0v) is 28.3. The van der Waals surface area contributed by atoms with Crippen molar-refractivity contribution in [2.75, 3.05) is 13.2 Å². The minimum absolute atomic E-state index is 0.222. The van der Waals surface area contributed by atoms with Crippen molar-refractivity contribution in [1.82, 2.24) is 5.06 Å². The highest BCUT2D eigenvalue weighted by molar-refractivity contribution is 5.68. The molecule has 266 valence electrons. The van der Waals surface area contributed by atoms with E-state index in [2.05, 4.69) is 0 Å². The number of ether oxygens (including phenoxy) is 7. The quantitative estimate of drug-likeness (QED) is 0.178. The van der Waals surface area contributed by atoms with E-state index < -0.39 is 66.8 Å². The SMILES string of the molecule is CC(=O)OCC1OC(N2OCC3C(OCc4ccccc4)C(OCc4ccccc4)C(OCc4ccccc4)C32)C(OC(C)=O)C1OC(C)=O. The Balaban J connectivity index is 1.34. The zero-order chi connectivity index (χ0) is 35.0. The van der Waals surface area contributed by atoms with Gasteiger partial charge in [0.2, 0.25) is 0 Å². The average molecular weight is 690 g/mol. The van der Waals surface area contributed by atoms with E-state index in [9.17, 15) is 14.4 Å². The molecule has 0 spiro atoms. The van der Waals surface area contributed by atoms with Crippen molar-refractivity contribution in [3.8, 4) is 0 Å². The van der Waals surface area contributed by atoms with Crippen LogP contribution in [0, 0.1) is 5.92 Å². The molecule has 9 unspecified atom stereocenters. The highest BCUT2D eigenvalue weighted by Gasteiger charge is 2.64. The second kappa shape index (κ2) is 16.7. The van der Waals surface area contributed by atoms with Gasteiger partial charge >= 0.3 is 17.9 Å². The maximum absolute atomic E-state index is 12.4. The van der Waals surface area contributed by atoms with Crippen LogP contribution < -0.4 is 0 Å². The van der Waals surface area contributed by atoms with Crippen molar-refractivity contribution < 1.29 is 52.4 Å². The first-order valence-electron chi connectivity index (χ1n) is 16.8. The molecule has 0 bridgehead atoms. The number of hydroxylamine groups is 2. The van der Waals surface area contributed by atoms with Gasteiger partial charge in [-0.05, 0) is 16.7 Å². The van der Waals surface area contributed by atoms with Gasteiger partial charge in [0, 0.05) is 26.7 Å². The summed E-state index contributed by atoms with van der Waals surface area (Å²) in [5.74, 6) is -2.03. The smallest absolute Gasteiger partial charge is 0.303 e. The molecule has 12 heteroatoms. The lowest BCUT2D eigenvalue weighted by Crippen LogP contribution is -2.53. The Morgan fingerprint density at radius 2 is 1.10 bits per heavy atom. The Morgan fingerprint density at radius 1 is 0.620 bits per heavy atom. The average Bonchev–Trinajstić information content (AvgIpc) is 3.76. The van der Waals surface area contributed by atoms with Crippen LogP contribution in [-0.4, -0.2) is 85.1 Å². The fourth-order valence-corrected chi connectivity index (χ4v) is 6.89. The molecule has 0 N–H and O–H groups in total. The van der Waals surface area contributed by atoms with Gasteiger partial charge in [-0.3, -0.25) is 19.2 Å². The molecule has 6 rings (SSSR count). The number of rotatable bonds is 14. The summed E-state index contributed by atoms with van der Waals surface area (Å²) in [6.07, 6.45) is -5.80. The van der Waals surface area contributed by atoms with Crippen LogP contribution in [0.5, 0.6) is 0 Å². The van der Waals surface area contributed by atoms with Gasteiger partial charge in [0.05, 0.1) is 38.6 Å². The molecule has 2 aliphatic heterocycles. The predicted molar refractivity (Wildman–Crippen MR) is 177 cm³/mol. The molecular formula is C38H43NO11. The molecule has 1 aliphatic carbocycles. The number of nitrogens with zero attached hydrogens (tertiary/aromatic N) is 1. The molecule has 9 atom stereocenters. The summed E-state index contributed by atoms with van der Waals surface area (Å²) in [6, 6.07) is 29.1. The van der Waals surface area contributed by atoms with Crippen LogP contribution in [0.2, 0.25) is 0 Å². The van der Waals surface area contributed by atoms with Crippen LogP contribution in [-0.2, 0) is 72.2 Å². The Hall–Kier alpha value is -4.17. The van der Waals surface area contributed by atoms with Crippen molar-refractivity contribution in [2.24, 2.45) is 5.92 Å². The van der Waals surface area contributed by atoms with E-state index in [1.54, 1.807) is 5.06 Å². The van der Waals surface area contributed by atoms with Crippen molar-refractivity contribution in [1.29, 1.82) is 0 Å². The highest BCUT2D eigenvalue weighted by atomic mass is 16.7. The number of esters is 3. The van der Waals surface area contributed by atoms with Gasteiger partial charge in [0.15, 0.2) is 18.4 Å². The minimum Gasteiger partial charge on any atom is -0.463 e. The van der Waals surface area contributed by atoms with Gasteiger partial charge < -0.3 is 33.2 Å². The van der Waals surface area contributed by atoms with E-state index in [4.69, 9.17) is 38.0 Å². The molecule has 3 aromatic rings. The number of hydrogen-bond acceptors (Lipinski definition) is 12. The molecule has 50 heavy (non-hydrogen) atoms. The third-order valence-electron chi connectivity index (χ3n) is 9.00. The van der Waals surface area contributed by atoms with E-state index in [-0.39, 0.29) is 25.7 Å². The molecule has 3 aromatic carbocycles. The summed E-state index contributed by atoms with van der Waals surface area (Å²) < 4.78 is 43.2. The maximum atomic E-state index is 12.4. The van der Waals surface area contributed by atoms with Gasteiger partial charge in [-0.1, -0.05) is 91.0 Å². The Morgan fingerprint density at radius 3 is 1.60 bits per heavy atom. The van der Waals surface area contributed by atoms with Crippen LogP contribution >= 0.6 is 0 Å². The molecule has 2 saturated heterocycles. The lowest BCUT2D eigenvalue weighted by Gasteiger charge is -2.35. The largest absolute Gasteiger partial charge is 0.463 e. The van der Waals surface area contributed by atoms with Crippen LogP contribution in [0.15, 0.2) is 91.0 Å². The lowest BCUT2D eigenvalue weighted by atomic mass is 10.0. The van der Waals surface area contributed by atoms with Crippen molar-refractivity contribution >= 4 is 17.9 Å². The summed E-state index contributed by atoms with van der Waals surface area (Å²) in [4.78, 5) is 42.8. The number of benzene rings is 3. The molecule has 0 radical (unpaired) electrons. The summed E-state index contributed by atoms with van der Waals surface area (Å²) in [6.45, 7) is 4.70. The molecular weight excluding hydrogens is 646 g/mol. The number of carbonyl (C=O) groups excluding carboxylic acids is 3. The van der Waals surface area contributed by atoms with E-state index in [0.717, 1.165) is 16.7 Å². The Labute approximate surface area is 291 Å². The fourth-order valence-electron chi connectivity index (χ4n) is 6.89. The van der Waals surface area contributed by atoms with E-state index in [0.29, 0.717) is 13.2 Å². The van der Waals surface area contributed by atoms with Gasteiger partial charge in [0.1, 0.15) is 24.9 Å². The fraction of sp³-hybridized carbons (Fsp3) is 0.447. The molecule has 2 heterocycles. The van der Waals surface area contributed by atoms with Gasteiger partial charge in [-0.2, -0.15) is 5.06 Å². The van der Waals surface area contributed by atoms with Gasteiger partial charge in [-0.25, -0.2) is 0 Å². The first-order valence-corrected chi connectivity index (χ1v) is 16.8. The summed E-state index contributed by atoms with van der Waals surface area (Å²) >= 11 is 0. The summed E-state index contributed by atoms with van der Waals surface area (Å²) in [5.41, 5.74) is 2.96. The first kappa shape index (κ1) is 35.6. The first-order chi connectivity index (χ1) is 24.3. The highest BCUT2D eigenvalue weighted by Crippen LogP contribution is 2.45. The topological polar surface area (TPSA) is 128 Å². The van der Waals surface area contributed by atoms with Crippen molar-refractivity contribution in [2.45, 2.75) is 89.5 Å². The minimum atomic E-state index is -1.11. The Kier molecular flexibility index (Phi) is 11.9. The number of fused-ring (bicyclic) bond motifs is 1. The second-order valence-electron chi connectivity index (χ2n) is 12.6. The van der Waals surface area contributed by atoms with Crippen molar-refractivity contribution in [3.05, 3.63) is 108 Å². The van der Waals surface area contributed by atoms with E-state index in [1.165, 1.54) is 20.8 Å². The van der Waals surface area contributed by atoms with Crippen molar-refractivity contribution in [3.63, 3.8) is 0 Å². The summed E-state index contributed by atoms with van der Waals surface area (Å²) in [5, 5.41) is 1.63. The normalized spacial score (nSPS) is 29.0. The summed E-state index contributed by atoms with van der Waals surface area (Å²) in [7, 11) is 0. The van der Waals surface area contributed by atoms with Crippen LogP contribution in [0.3, 0.4) is 0 Å². The Bertz CT molecular complexity index is 1560. The number of hydrogen-bond donors (Lipinski definition) is 0. The molecule has 1 saturated carbocycles. The van der Waals surface area contributed by atoms with Gasteiger partial charge in [-0.15, -0.1) is 0 Å². The molecule has 0 aromatic heterocycles. The number of carbonyl (C=O) groups is 3. The third-order valence-corrected chi connectivity index (χ3v) is 9.00. The molecule has 3 fully saturated rings. The molecule has 0 amide bonds. The molecule has 3 aliphatic rings. The monoisotopic (exact) mass is 689 g/mol. The standard InChI is InChI=1S/C38H43NO11/c1-24(40)43-23-31-34(48-25(2)41)37(49-26(3)42)38(50-31)39-32-30(22-47-39)33(44-19-27-13-7-4-8-14-27)36(46-21-29-17-11-6-12-18-29)35(32)45-20-28-15-9-5-10-16-28/h4-18,30-38H,19-23H2,1-3H3. The predicted octanol–water partition coefficient (Wildman–Crippen LogP) is 4.14. The van der Waals surface area contributed by atoms with Crippen LogP contribution in [0.25, 0.3) is 0 Å². The lowest BCUT2D eigenvalue weighted by molar-refractivity contribution is -0.271. The second-order valence-corrected chi connectivity index (χ2v) is 12.6. The third kappa shape index (κ3) is 8.58. The molecule has 12 nitrogen and oxygen atoms in total. The van der Waals surface area contributed by atoms with E-state index in [1.807, 2.05) is 91.0 Å². The van der Waals surface area contributed by atoms with Crippen LogP contribution in [0.1, 0.15) is 37.5 Å². The van der Waals surface area contributed by atoms with Gasteiger partial charge in [0.25, 0.3) is 0 Å². The van der Waals surface area contributed by atoms with E-state index >= 15 is 0 Å². The van der Waals surface area contributed by atoms with Crippen LogP contribution in [0.4, 0.5) is 0 Å². The zero-order valence-electron chi connectivity index (χ0n) is 28.3. The maximum Gasteiger partial charge on any atom is 0.303 e.